The van der Waals surface area contributed by atoms with Crippen molar-refractivity contribution in [2.75, 3.05) is 13.7 Å². The third kappa shape index (κ3) is 4.61. The van der Waals surface area contributed by atoms with Crippen molar-refractivity contribution < 1.29 is 32.6 Å². The molecule has 4 rings (SSSR count). The Bertz CT molecular complexity index is 1230. The Morgan fingerprint density at radius 1 is 0.971 bits per heavy atom. The highest BCUT2D eigenvalue weighted by Crippen LogP contribution is 2.40. The minimum absolute atomic E-state index is 0.0519. The topological polar surface area (TPSA) is 63.6 Å². The molecule has 176 valence electrons. The summed E-state index contributed by atoms with van der Waals surface area (Å²) in [7, 11) is 1.46. The fourth-order valence-corrected chi connectivity index (χ4v) is 4.63. The van der Waals surface area contributed by atoms with Crippen molar-refractivity contribution in [2.24, 2.45) is 5.41 Å². The van der Waals surface area contributed by atoms with Gasteiger partial charge in [0.05, 0.1) is 24.0 Å². The fraction of sp³-hybridized carbons (Fsp3) is 0.259. The number of aliphatic carboxylic acids is 1. The third-order valence-corrected chi connectivity index (χ3v) is 6.36. The predicted octanol–water partition coefficient (Wildman–Crippen LogP) is 6.28. The predicted molar refractivity (Wildman–Crippen MR) is 122 cm³/mol. The minimum Gasteiger partial charge on any atom is -0.481 e. The zero-order valence-corrected chi connectivity index (χ0v) is 18.5. The summed E-state index contributed by atoms with van der Waals surface area (Å²) in [6, 6.07) is 17.9. The average molecular weight is 468 g/mol. The molecule has 0 radical (unpaired) electrons. The first-order valence-electron chi connectivity index (χ1n) is 10.8. The number of halogens is 3. The molecule has 1 N–H and O–H groups in total. The van der Waals surface area contributed by atoms with Gasteiger partial charge in [-0.1, -0.05) is 54.6 Å². The lowest BCUT2D eigenvalue weighted by molar-refractivity contribution is -0.140. The molecule has 0 saturated heterocycles. The van der Waals surface area contributed by atoms with E-state index in [0.717, 1.165) is 28.8 Å². The molecule has 0 spiro atoms. The number of benzene rings is 3. The summed E-state index contributed by atoms with van der Waals surface area (Å²) in [5.74, 6) is -1.25. The van der Waals surface area contributed by atoms with Crippen LogP contribution in [0.1, 0.15) is 34.3 Å². The number of hydrogen-bond acceptors (Lipinski definition) is 3. The molecule has 0 aliphatic heterocycles. The van der Waals surface area contributed by atoms with Crippen LogP contribution in [0.15, 0.2) is 66.7 Å². The van der Waals surface area contributed by atoms with Crippen LogP contribution in [0.3, 0.4) is 0 Å². The average Bonchev–Trinajstić information content (AvgIpc) is 2.81. The molecule has 1 aliphatic rings. The Labute approximate surface area is 195 Å². The zero-order valence-electron chi connectivity index (χ0n) is 18.5. The number of methoxy groups -OCH3 is 1. The molecule has 0 bridgehead atoms. The molecule has 1 atom stereocenters. The molecule has 4 nitrogen and oxygen atoms in total. The summed E-state index contributed by atoms with van der Waals surface area (Å²) >= 11 is 0. The molecule has 0 amide bonds. The van der Waals surface area contributed by atoms with Crippen molar-refractivity contribution in [3.05, 3.63) is 83.4 Å². The monoisotopic (exact) mass is 468 g/mol. The molecule has 0 aromatic heterocycles. The lowest BCUT2D eigenvalue weighted by Crippen LogP contribution is -2.41. The number of rotatable bonds is 6. The number of aryl methyl sites for hydroxylation is 1. The van der Waals surface area contributed by atoms with E-state index in [1.54, 1.807) is 30.3 Å². The van der Waals surface area contributed by atoms with E-state index in [1.807, 2.05) is 18.2 Å². The van der Waals surface area contributed by atoms with Crippen LogP contribution in [-0.4, -0.2) is 30.6 Å². The van der Waals surface area contributed by atoms with Gasteiger partial charge in [0.1, 0.15) is 0 Å². The quantitative estimate of drug-likeness (QED) is 0.463. The standard InChI is InChI=1S/C27H23F3O4/c1-34-16-26(15-24(31)32)12-11-21-13-20(9-10-23(21)25(26)33)18-7-5-17(6-8-18)19-3-2-4-22(14-19)27(28,29)30/h2-10,13-14H,11-12,15-16H2,1H3,(H,31,32). The molecule has 0 heterocycles. The van der Waals surface area contributed by atoms with Crippen molar-refractivity contribution in [3.8, 4) is 22.3 Å². The number of carbonyl (C=O) groups is 2. The lowest BCUT2D eigenvalue weighted by atomic mass is 9.68. The van der Waals surface area contributed by atoms with E-state index in [1.165, 1.54) is 13.2 Å². The Kier molecular flexibility index (Phi) is 6.32. The van der Waals surface area contributed by atoms with Gasteiger partial charge in [0.2, 0.25) is 0 Å². The van der Waals surface area contributed by atoms with Gasteiger partial charge in [-0.05, 0) is 52.8 Å². The van der Waals surface area contributed by atoms with Crippen LogP contribution < -0.4 is 0 Å². The van der Waals surface area contributed by atoms with Crippen molar-refractivity contribution in [1.82, 2.24) is 0 Å². The molecular weight excluding hydrogens is 445 g/mol. The Balaban J connectivity index is 1.61. The summed E-state index contributed by atoms with van der Waals surface area (Å²) < 4.78 is 44.3. The number of alkyl halides is 3. The van der Waals surface area contributed by atoms with Crippen LogP contribution in [0, 0.1) is 5.41 Å². The van der Waals surface area contributed by atoms with Crippen LogP contribution >= 0.6 is 0 Å². The lowest BCUT2D eigenvalue weighted by Gasteiger charge is -2.35. The largest absolute Gasteiger partial charge is 0.481 e. The van der Waals surface area contributed by atoms with Gasteiger partial charge in [-0.15, -0.1) is 0 Å². The maximum Gasteiger partial charge on any atom is 0.416 e. The van der Waals surface area contributed by atoms with Crippen LogP contribution in [-0.2, 0) is 22.1 Å². The molecule has 7 heteroatoms. The highest BCUT2D eigenvalue weighted by Gasteiger charge is 2.44. The second-order valence-corrected chi connectivity index (χ2v) is 8.64. The second-order valence-electron chi connectivity index (χ2n) is 8.64. The number of ether oxygens (including phenoxy) is 1. The van der Waals surface area contributed by atoms with Crippen LogP contribution in [0.5, 0.6) is 0 Å². The van der Waals surface area contributed by atoms with Gasteiger partial charge >= 0.3 is 12.1 Å². The summed E-state index contributed by atoms with van der Waals surface area (Å²) in [4.78, 5) is 24.6. The molecule has 1 aliphatic carbocycles. The molecule has 34 heavy (non-hydrogen) atoms. The van der Waals surface area contributed by atoms with E-state index in [9.17, 15) is 27.9 Å². The Hall–Kier alpha value is -3.45. The van der Waals surface area contributed by atoms with E-state index < -0.39 is 23.1 Å². The molecule has 0 saturated carbocycles. The summed E-state index contributed by atoms with van der Waals surface area (Å²) in [6.45, 7) is 0.0519. The smallest absolute Gasteiger partial charge is 0.416 e. The maximum atomic E-state index is 13.2. The number of fused-ring (bicyclic) bond motifs is 1. The van der Waals surface area contributed by atoms with Gasteiger partial charge in [0.15, 0.2) is 5.78 Å². The van der Waals surface area contributed by atoms with Crippen molar-refractivity contribution in [1.29, 1.82) is 0 Å². The maximum absolute atomic E-state index is 13.2. The molecule has 3 aromatic rings. The first-order valence-corrected chi connectivity index (χ1v) is 10.8. The zero-order chi connectivity index (χ0) is 24.5. The normalized spacial score (nSPS) is 17.9. The van der Waals surface area contributed by atoms with Gasteiger partial charge in [-0.25, -0.2) is 0 Å². The van der Waals surface area contributed by atoms with Crippen LogP contribution in [0.4, 0.5) is 13.2 Å². The van der Waals surface area contributed by atoms with Gasteiger partial charge < -0.3 is 9.84 Å². The van der Waals surface area contributed by atoms with E-state index in [4.69, 9.17) is 4.74 Å². The summed E-state index contributed by atoms with van der Waals surface area (Å²) in [5.41, 5.74) is 2.48. The highest BCUT2D eigenvalue weighted by atomic mass is 19.4. The van der Waals surface area contributed by atoms with Crippen LogP contribution in [0.2, 0.25) is 0 Å². The van der Waals surface area contributed by atoms with Crippen molar-refractivity contribution >= 4 is 11.8 Å². The molecule has 1 unspecified atom stereocenters. The number of hydrogen-bond donors (Lipinski definition) is 1. The fourth-order valence-electron chi connectivity index (χ4n) is 4.63. The van der Waals surface area contributed by atoms with Crippen molar-refractivity contribution in [2.45, 2.75) is 25.4 Å². The number of Topliss-reactive ketones (excluding diaryl/α,β-unsaturated/α-hetero) is 1. The first-order chi connectivity index (χ1) is 16.1. The number of carbonyl (C=O) groups excluding carboxylic acids is 1. The summed E-state index contributed by atoms with van der Waals surface area (Å²) in [6.07, 6.45) is -3.75. The number of ketones is 1. The van der Waals surface area contributed by atoms with Gasteiger partial charge in [0.25, 0.3) is 0 Å². The Morgan fingerprint density at radius 3 is 2.18 bits per heavy atom. The van der Waals surface area contributed by atoms with Gasteiger partial charge in [0, 0.05) is 12.7 Å². The minimum atomic E-state index is -4.40. The second kappa shape index (κ2) is 9.06. The van der Waals surface area contributed by atoms with Crippen LogP contribution in [0.25, 0.3) is 22.3 Å². The van der Waals surface area contributed by atoms with Crippen molar-refractivity contribution in [3.63, 3.8) is 0 Å². The Morgan fingerprint density at radius 2 is 1.59 bits per heavy atom. The van der Waals surface area contributed by atoms with Gasteiger partial charge in [-0.3, -0.25) is 9.59 Å². The molecule has 0 fully saturated rings. The molecular formula is C27H23F3O4. The number of carboxylic acids is 1. The van der Waals surface area contributed by atoms with E-state index in [2.05, 4.69) is 0 Å². The summed E-state index contributed by atoms with van der Waals surface area (Å²) in [5, 5.41) is 9.31. The first kappa shape index (κ1) is 23.7. The van der Waals surface area contributed by atoms with E-state index in [-0.39, 0.29) is 18.8 Å². The highest BCUT2D eigenvalue weighted by molar-refractivity contribution is 6.04. The molecule has 3 aromatic carbocycles. The van der Waals surface area contributed by atoms with E-state index in [0.29, 0.717) is 29.5 Å². The SMILES string of the molecule is COCC1(CC(=O)O)CCc2cc(-c3ccc(-c4cccc(C(F)(F)F)c4)cc3)ccc2C1=O. The third-order valence-electron chi connectivity index (χ3n) is 6.36. The van der Waals surface area contributed by atoms with Gasteiger partial charge in [-0.2, -0.15) is 13.2 Å². The van der Waals surface area contributed by atoms with E-state index >= 15 is 0 Å². The number of carboxylic acid groups (broad SMARTS) is 1.